The predicted molar refractivity (Wildman–Crippen MR) is 69.9 cm³/mol. The average molecular weight is 218 g/mol. The molecule has 16 heavy (non-hydrogen) atoms. The first-order valence-corrected chi connectivity index (χ1v) is 6.41. The number of nitrogens with zero attached hydrogens (tertiary/aromatic N) is 1. The summed E-state index contributed by atoms with van der Waals surface area (Å²) < 4.78 is 0. The van der Waals surface area contributed by atoms with Gasteiger partial charge in [-0.3, -0.25) is 0 Å². The Morgan fingerprint density at radius 2 is 2.19 bits per heavy atom. The molecular weight excluding hydrogens is 196 g/mol. The van der Waals surface area contributed by atoms with Crippen molar-refractivity contribution in [3.8, 4) is 0 Å². The summed E-state index contributed by atoms with van der Waals surface area (Å²) >= 11 is 0. The third kappa shape index (κ3) is 2.22. The minimum Gasteiger partial charge on any atom is -0.367 e. The van der Waals surface area contributed by atoms with E-state index < -0.39 is 0 Å². The molecule has 88 valence electrons. The van der Waals surface area contributed by atoms with E-state index in [2.05, 4.69) is 36.1 Å². The van der Waals surface area contributed by atoms with Gasteiger partial charge in [-0.05, 0) is 24.5 Å². The number of unbranched alkanes of at least 4 members (excludes halogenated alkanes) is 1. The second kappa shape index (κ2) is 5.35. The second-order valence-corrected chi connectivity index (χ2v) is 4.60. The third-order valence-corrected chi connectivity index (χ3v) is 3.53. The van der Waals surface area contributed by atoms with E-state index in [0.29, 0.717) is 6.04 Å². The van der Waals surface area contributed by atoms with Crippen LogP contribution in [-0.4, -0.2) is 19.1 Å². The van der Waals surface area contributed by atoms with E-state index in [0.717, 1.165) is 13.1 Å². The maximum absolute atomic E-state index is 5.91. The van der Waals surface area contributed by atoms with Crippen LogP contribution < -0.4 is 10.6 Å². The van der Waals surface area contributed by atoms with Gasteiger partial charge in [0.15, 0.2) is 0 Å². The standard InChI is InChI=1S/C14H22N2/c1-2-3-7-13(11-15)16-10-9-12-6-4-5-8-14(12)16/h4-6,8,13H,2-3,7,9-11,15H2,1H3. The van der Waals surface area contributed by atoms with Gasteiger partial charge in [0.2, 0.25) is 0 Å². The van der Waals surface area contributed by atoms with Gasteiger partial charge in [-0.2, -0.15) is 0 Å². The first-order valence-electron chi connectivity index (χ1n) is 6.41. The van der Waals surface area contributed by atoms with Gasteiger partial charge in [0.05, 0.1) is 0 Å². The molecule has 1 aliphatic heterocycles. The zero-order chi connectivity index (χ0) is 11.4. The summed E-state index contributed by atoms with van der Waals surface area (Å²) in [5, 5.41) is 0. The highest BCUT2D eigenvalue weighted by Crippen LogP contribution is 2.30. The van der Waals surface area contributed by atoms with Crippen LogP contribution in [0.25, 0.3) is 0 Å². The Morgan fingerprint density at radius 3 is 2.94 bits per heavy atom. The van der Waals surface area contributed by atoms with Crippen LogP contribution in [0.3, 0.4) is 0 Å². The molecule has 0 aromatic heterocycles. The zero-order valence-electron chi connectivity index (χ0n) is 10.2. The van der Waals surface area contributed by atoms with Gasteiger partial charge in [-0.25, -0.2) is 0 Å². The second-order valence-electron chi connectivity index (χ2n) is 4.60. The molecule has 1 aromatic carbocycles. The Balaban J connectivity index is 2.10. The van der Waals surface area contributed by atoms with Gasteiger partial charge in [-0.15, -0.1) is 0 Å². The first-order chi connectivity index (χ1) is 7.86. The highest BCUT2D eigenvalue weighted by molar-refractivity contribution is 5.58. The van der Waals surface area contributed by atoms with E-state index in [1.165, 1.54) is 36.9 Å². The number of hydrogen-bond donors (Lipinski definition) is 1. The third-order valence-electron chi connectivity index (χ3n) is 3.53. The predicted octanol–water partition coefficient (Wildman–Crippen LogP) is 2.57. The highest BCUT2D eigenvalue weighted by Gasteiger charge is 2.24. The summed E-state index contributed by atoms with van der Waals surface area (Å²) in [7, 11) is 0. The molecule has 1 aliphatic rings. The lowest BCUT2D eigenvalue weighted by Crippen LogP contribution is -2.39. The number of para-hydroxylation sites is 1. The first kappa shape index (κ1) is 11.5. The number of benzene rings is 1. The molecule has 0 saturated heterocycles. The summed E-state index contributed by atoms with van der Waals surface area (Å²) in [6, 6.07) is 9.26. The van der Waals surface area contributed by atoms with Crippen LogP contribution in [0.15, 0.2) is 24.3 Å². The molecule has 2 N–H and O–H groups in total. The molecule has 0 aliphatic carbocycles. The van der Waals surface area contributed by atoms with Crippen LogP contribution in [0, 0.1) is 0 Å². The average Bonchev–Trinajstić information content (AvgIpc) is 2.75. The van der Waals surface area contributed by atoms with Gasteiger partial charge >= 0.3 is 0 Å². The summed E-state index contributed by atoms with van der Waals surface area (Å²) in [5.41, 5.74) is 8.80. The van der Waals surface area contributed by atoms with Gasteiger partial charge in [0.25, 0.3) is 0 Å². The number of anilines is 1. The maximum atomic E-state index is 5.91. The summed E-state index contributed by atoms with van der Waals surface area (Å²) in [4.78, 5) is 2.50. The Kier molecular flexibility index (Phi) is 3.83. The number of hydrogen-bond acceptors (Lipinski definition) is 2. The van der Waals surface area contributed by atoms with Crippen molar-refractivity contribution in [2.24, 2.45) is 5.73 Å². The Morgan fingerprint density at radius 1 is 1.38 bits per heavy atom. The van der Waals surface area contributed by atoms with Crippen LogP contribution in [0.1, 0.15) is 31.7 Å². The van der Waals surface area contributed by atoms with Crippen LogP contribution in [0.5, 0.6) is 0 Å². The van der Waals surface area contributed by atoms with Crippen LogP contribution in [-0.2, 0) is 6.42 Å². The summed E-state index contributed by atoms with van der Waals surface area (Å²) in [5.74, 6) is 0. The molecule has 1 aromatic rings. The molecule has 1 heterocycles. The molecule has 2 heteroatoms. The highest BCUT2D eigenvalue weighted by atomic mass is 15.2. The van der Waals surface area contributed by atoms with Crippen molar-refractivity contribution in [2.45, 2.75) is 38.6 Å². The van der Waals surface area contributed by atoms with Crippen LogP contribution in [0.4, 0.5) is 5.69 Å². The van der Waals surface area contributed by atoms with Crippen molar-refractivity contribution in [3.63, 3.8) is 0 Å². The lowest BCUT2D eigenvalue weighted by Gasteiger charge is -2.29. The van der Waals surface area contributed by atoms with E-state index in [1.54, 1.807) is 0 Å². The molecule has 0 radical (unpaired) electrons. The maximum Gasteiger partial charge on any atom is 0.0412 e. The van der Waals surface area contributed by atoms with Gasteiger partial charge in [-0.1, -0.05) is 38.0 Å². The smallest absolute Gasteiger partial charge is 0.0412 e. The zero-order valence-corrected chi connectivity index (χ0v) is 10.2. The van der Waals surface area contributed by atoms with E-state index in [-0.39, 0.29) is 0 Å². The van der Waals surface area contributed by atoms with Crippen molar-refractivity contribution in [3.05, 3.63) is 29.8 Å². The fourth-order valence-corrected chi connectivity index (χ4v) is 2.58. The Bertz CT molecular complexity index is 335. The van der Waals surface area contributed by atoms with Crippen molar-refractivity contribution in [2.75, 3.05) is 18.0 Å². The van der Waals surface area contributed by atoms with Crippen molar-refractivity contribution in [1.29, 1.82) is 0 Å². The lowest BCUT2D eigenvalue weighted by atomic mass is 10.1. The Labute approximate surface area is 98.4 Å². The number of fused-ring (bicyclic) bond motifs is 1. The number of nitrogens with two attached hydrogens (primary N) is 1. The molecule has 0 amide bonds. The minimum absolute atomic E-state index is 0.531. The molecule has 1 unspecified atom stereocenters. The SMILES string of the molecule is CCCCC(CN)N1CCc2ccccc21. The molecule has 0 spiro atoms. The molecule has 2 rings (SSSR count). The molecular formula is C14H22N2. The molecule has 0 bridgehead atoms. The monoisotopic (exact) mass is 218 g/mol. The summed E-state index contributed by atoms with van der Waals surface area (Å²) in [6.45, 7) is 4.16. The quantitative estimate of drug-likeness (QED) is 0.823. The van der Waals surface area contributed by atoms with Gasteiger partial charge in [0.1, 0.15) is 0 Å². The molecule has 0 saturated carbocycles. The van der Waals surface area contributed by atoms with Crippen molar-refractivity contribution < 1.29 is 0 Å². The normalized spacial score (nSPS) is 16.2. The van der Waals surface area contributed by atoms with E-state index in [1.807, 2.05) is 0 Å². The van der Waals surface area contributed by atoms with Gasteiger partial charge < -0.3 is 10.6 Å². The number of rotatable bonds is 5. The fraction of sp³-hybridized carbons (Fsp3) is 0.571. The van der Waals surface area contributed by atoms with E-state index in [4.69, 9.17) is 5.73 Å². The lowest BCUT2D eigenvalue weighted by molar-refractivity contribution is 0.543. The Hall–Kier alpha value is -1.02. The largest absolute Gasteiger partial charge is 0.367 e. The minimum atomic E-state index is 0.531. The van der Waals surface area contributed by atoms with Crippen molar-refractivity contribution >= 4 is 5.69 Å². The van der Waals surface area contributed by atoms with Crippen molar-refractivity contribution in [1.82, 2.24) is 0 Å². The molecule has 0 fully saturated rings. The molecule has 2 nitrogen and oxygen atoms in total. The van der Waals surface area contributed by atoms with E-state index >= 15 is 0 Å². The molecule has 1 atom stereocenters. The van der Waals surface area contributed by atoms with Gasteiger partial charge in [0, 0.05) is 24.8 Å². The fourth-order valence-electron chi connectivity index (χ4n) is 2.58. The summed E-state index contributed by atoms with van der Waals surface area (Å²) in [6.07, 6.45) is 4.94. The topological polar surface area (TPSA) is 29.3 Å². The van der Waals surface area contributed by atoms with Crippen LogP contribution in [0.2, 0.25) is 0 Å². The van der Waals surface area contributed by atoms with Crippen LogP contribution >= 0.6 is 0 Å². The van der Waals surface area contributed by atoms with E-state index in [9.17, 15) is 0 Å².